The monoisotopic (exact) mass is 399 g/mol. The third-order valence-corrected chi connectivity index (χ3v) is 4.38. The largest absolute Gasteiger partial charge is 0.417 e. The highest BCUT2D eigenvalue weighted by Gasteiger charge is 2.31. The number of nitrogens with zero attached hydrogens (tertiary/aromatic N) is 2. The summed E-state index contributed by atoms with van der Waals surface area (Å²) in [7, 11) is 0. The number of nitrogens with one attached hydrogen (secondary N) is 1. The first-order chi connectivity index (χ1) is 11.6. The van der Waals surface area contributed by atoms with Gasteiger partial charge in [0, 0.05) is 19.2 Å². The minimum absolute atomic E-state index is 0.0312. The number of alkyl halides is 5. The van der Waals surface area contributed by atoms with Gasteiger partial charge in [-0.2, -0.15) is 13.2 Å². The van der Waals surface area contributed by atoms with Crippen LogP contribution in [0.15, 0.2) is 12.3 Å². The first-order valence-corrected chi connectivity index (χ1v) is 8.04. The first kappa shape index (κ1) is 19.5. The second-order valence-electron chi connectivity index (χ2n) is 4.90. The van der Waals surface area contributed by atoms with E-state index >= 15 is 0 Å². The van der Waals surface area contributed by atoms with Gasteiger partial charge in [0.2, 0.25) is 0 Å². The third-order valence-electron chi connectivity index (χ3n) is 3.07. The van der Waals surface area contributed by atoms with Gasteiger partial charge in [0.15, 0.2) is 0 Å². The van der Waals surface area contributed by atoms with Crippen LogP contribution < -0.4 is 5.32 Å². The predicted molar refractivity (Wildman–Crippen MR) is 82.1 cm³/mol. The van der Waals surface area contributed by atoms with Crippen molar-refractivity contribution >= 4 is 28.8 Å². The predicted octanol–water partition coefficient (Wildman–Crippen LogP) is 4.43. The van der Waals surface area contributed by atoms with Gasteiger partial charge in [0.05, 0.1) is 21.3 Å². The van der Waals surface area contributed by atoms with E-state index in [2.05, 4.69) is 15.3 Å². The topological polar surface area (TPSA) is 54.9 Å². The van der Waals surface area contributed by atoms with E-state index in [9.17, 15) is 26.7 Å². The Morgan fingerprint density at radius 2 is 2.08 bits per heavy atom. The number of aromatic nitrogens is 2. The Bertz CT molecular complexity index is 778. The lowest BCUT2D eigenvalue weighted by Gasteiger charge is -2.09. The summed E-state index contributed by atoms with van der Waals surface area (Å²) in [5, 5.41) is 2.54. The molecule has 0 spiro atoms. The molecule has 11 heteroatoms. The lowest BCUT2D eigenvalue weighted by atomic mass is 10.2. The molecule has 0 aliphatic heterocycles. The van der Waals surface area contributed by atoms with Crippen LogP contribution in [0.2, 0.25) is 5.02 Å². The fourth-order valence-corrected chi connectivity index (χ4v) is 3.04. The number of rotatable bonds is 5. The number of amides is 1. The minimum Gasteiger partial charge on any atom is -0.351 e. The molecule has 1 amide bonds. The fourth-order valence-electron chi connectivity index (χ4n) is 1.93. The molecule has 0 saturated heterocycles. The Morgan fingerprint density at radius 1 is 1.40 bits per heavy atom. The molecule has 1 N–H and O–H groups in total. The Kier molecular flexibility index (Phi) is 5.94. The van der Waals surface area contributed by atoms with Crippen molar-refractivity contribution in [3.05, 3.63) is 44.1 Å². The Morgan fingerprint density at radius 3 is 2.64 bits per heavy atom. The molecule has 0 unspecified atom stereocenters. The lowest BCUT2D eigenvalue weighted by molar-refractivity contribution is -0.137. The van der Waals surface area contributed by atoms with Gasteiger partial charge in [-0.25, -0.2) is 13.8 Å². The van der Waals surface area contributed by atoms with Crippen LogP contribution >= 0.6 is 22.9 Å². The first-order valence-electron chi connectivity index (χ1n) is 6.85. The van der Waals surface area contributed by atoms with E-state index in [-0.39, 0.29) is 28.6 Å². The average Bonchev–Trinajstić information content (AvgIpc) is 2.90. The number of pyridine rings is 1. The molecule has 0 atom stereocenters. The molecule has 25 heavy (non-hydrogen) atoms. The van der Waals surface area contributed by atoms with E-state index in [1.54, 1.807) is 0 Å². The molecule has 0 aliphatic carbocycles. The van der Waals surface area contributed by atoms with Gasteiger partial charge in [0.1, 0.15) is 10.6 Å². The molecule has 0 saturated carbocycles. The molecule has 0 fully saturated rings. The van der Waals surface area contributed by atoms with Crippen LogP contribution in [-0.4, -0.2) is 22.4 Å². The van der Waals surface area contributed by atoms with E-state index < -0.39 is 29.8 Å². The summed E-state index contributed by atoms with van der Waals surface area (Å²) in [6.07, 6.45) is -6.75. The summed E-state index contributed by atoms with van der Waals surface area (Å²) in [4.78, 5) is 19.0. The second kappa shape index (κ2) is 7.61. The molecule has 136 valence electrons. The maximum absolute atomic E-state index is 12.8. The summed E-state index contributed by atoms with van der Waals surface area (Å²) in [5.41, 5.74) is -1.41. The summed E-state index contributed by atoms with van der Waals surface area (Å²) >= 11 is 6.59. The Balaban J connectivity index is 2.00. The van der Waals surface area contributed by atoms with Crippen molar-refractivity contribution < 1.29 is 26.7 Å². The van der Waals surface area contributed by atoms with E-state index in [0.29, 0.717) is 11.2 Å². The second-order valence-corrected chi connectivity index (χ2v) is 6.51. The highest BCUT2D eigenvalue weighted by molar-refractivity contribution is 7.13. The van der Waals surface area contributed by atoms with Gasteiger partial charge in [-0.05, 0) is 13.0 Å². The van der Waals surface area contributed by atoms with Crippen molar-refractivity contribution in [2.24, 2.45) is 0 Å². The Labute approximate surface area is 148 Å². The number of aryl methyl sites for hydroxylation is 1. The number of halogens is 6. The number of hydrogen-bond acceptors (Lipinski definition) is 4. The van der Waals surface area contributed by atoms with Gasteiger partial charge in [-0.3, -0.25) is 9.78 Å². The van der Waals surface area contributed by atoms with Crippen molar-refractivity contribution in [1.29, 1.82) is 0 Å². The smallest absolute Gasteiger partial charge is 0.351 e. The van der Waals surface area contributed by atoms with E-state index in [4.69, 9.17) is 11.6 Å². The molecule has 4 nitrogen and oxygen atoms in total. The molecule has 2 rings (SSSR count). The molecule has 2 aromatic heterocycles. The zero-order valence-electron chi connectivity index (χ0n) is 12.6. The van der Waals surface area contributed by atoms with Crippen molar-refractivity contribution in [2.75, 3.05) is 6.54 Å². The molecule has 0 bridgehead atoms. The number of carbonyl (C=O) groups excluding carboxylic acids is 1. The quantitative estimate of drug-likeness (QED) is 0.757. The third kappa shape index (κ3) is 4.85. The van der Waals surface area contributed by atoms with Crippen molar-refractivity contribution in [1.82, 2.24) is 15.3 Å². The van der Waals surface area contributed by atoms with Crippen molar-refractivity contribution in [3.8, 4) is 0 Å². The number of thiazole rings is 1. The minimum atomic E-state index is -4.56. The fraction of sp³-hybridized carbons (Fsp3) is 0.357. The molecule has 2 heterocycles. The van der Waals surface area contributed by atoms with Gasteiger partial charge in [0.25, 0.3) is 12.3 Å². The van der Waals surface area contributed by atoms with E-state index in [0.717, 1.165) is 17.4 Å². The maximum Gasteiger partial charge on any atom is 0.417 e. The van der Waals surface area contributed by atoms with Crippen LogP contribution in [0.1, 0.15) is 38.1 Å². The standard InChI is InChI=1S/C14H11ClF5N3OS/c1-6-23-10(12(16)17)11(25-6)13(24)21-3-2-9-8(15)4-7(5-22-9)14(18,19)20/h4-5,12H,2-3H2,1H3,(H,21,24). The van der Waals surface area contributed by atoms with Crippen LogP contribution in [-0.2, 0) is 12.6 Å². The van der Waals surface area contributed by atoms with Gasteiger partial charge >= 0.3 is 6.18 Å². The molecule has 0 aromatic carbocycles. The zero-order chi connectivity index (χ0) is 18.8. The van der Waals surface area contributed by atoms with Gasteiger partial charge in [-0.1, -0.05) is 11.6 Å². The summed E-state index contributed by atoms with van der Waals surface area (Å²) in [5.74, 6) is -0.732. The summed E-state index contributed by atoms with van der Waals surface area (Å²) < 4.78 is 63.2. The molecule has 2 aromatic rings. The van der Waals surface area contributed by atoms with Crippen LogP contribution in [0.3, 0.4) is 0 Å². The Hall–Kier alpha value is -1.81. The van der Waals surface area contributed by atoms with Gasteiger partial charge < -0.3 is 5.32 Å². The molecule has 0 aliphatic rings. The highest BCUT2D eigenvalue weighted by Crippen LogP contribution is 2.31. The summed E-state index contributed by atoms with van der Waals surface area (Å²) in [6.45, 7) is 1.47. The highest BCUT2D eigenvalue weighted by atomic mass is 35.5. The van der Waals surface area contributed by atoms with Crippen LogP contribution in [0.5, 0.6) is 0 Å². The lowest BCUT2D eigenvalue weighted by Crippen LogP contribution is -2.26. The van der Waals surface area contributed by atoms with Crippen LogP contribution in [0, 0.1) is 6.92 Å². The summed E-state index contributed by atoms with van der Waals surface area (Å²) in [6, 6.07) is 0.743. The van der Waals surface area contributed by atoms with E-state index in [1.165, 1.54) is 6.92 Å². The molecular weight excluding hydrogens is 389 g/mol. The van der Waals surface area contributed by atoms with Crippen LogP contribution in [0.25, 0.3) is 0 Å². The molecular formula is C14H11ClF5N3OS. The van der Waals surface area contributed by atoms with Crippen LogP contribution in [0.4, 0.5) is 22.0 Å². The normalized spacial score (nSPS) is 11.8. The number of hydrogen-bond donors (Lipinski definition) is 1. The molecule has 0 radical (unpaired) electrons. The van der Waals surface area contributed by atoms with E-state index in [1.807, 2.05) is 0 Å². The van der Waals surface area contributed by atoms with Crippen molar-refractivity contribution in [2.45, 2.75) is 25.9 Å². The number of carbonyl (C=O) groups is 1. The average molecular weight is 400 g/mol. The SMILES string of the molecule is Cc1nc(C(F)F)c(C(=O)NCCc2ncc(C(F)(F)F)cc2Cl)s1. The van der Waals surface area contributed by atoms with Crippen molar-refractivity contribution in [3.63, 3.8) is 0 Å². The zero-order valence-corrected chi connectivity index (χ0v) is 14.2. The maximum atomic E-state index is 12.8. The van der Waals surface area contributed by atoms with Gasteiger partial charge in [-0.15, -0.1) is 11.3 Å².